The number of nitrogens with zero attached hydrogens (tertiary/aromatic N) is 1. The van der Waals surface area contributed by atoms with Gasteiger partial charge in [-0.2, -0.15) is 11.8 Å². The third-order valence-electron chi connectivity index (χ3n) is 2.90. The van der Waals surface area contributed by atoms with Crippen molar-refractivity contribution in [3.8, 4) is 0 Å². The van der Waals surface area contributed by atoms with E-state index in [1.807, 2.05) is 6.26 Å². The topological polar surface area (TPSA) is 118 Å². The minimum atomic E-state index is -0.654. The molecule has 4 N–H and O–H groups in total. The second kappa shape index (κ2) is 7.11. The van der Waals surface area contributed by atoms with Gasteiger partial charge in [0.15, 0.2) is 0 Å². The molecule has 0 saturated heterocycles. The van der Waals surface area contributed by atoms with Crippen LogP contribution in [0.25, 0.3) is 0 Å². The maximum absolute atomic E-state index is 11.1. The van der Waals surface area contributed by atoms with Crippen LogP contribution in [0.1, 0.15) is 17.3 Å². The number of nitro groups is 1. The molecule has 0 fully saturated rings. The van der Waals surface area contributed by atoms with E-state index < -0.39 is 10.8 Å². The molecule has 0 spiro atoms. The number of hydrogen-bond acceptors (Lipinski definition) is 6. The number of anilines is 1. The number of benzene rings is 1. The van der Waals surface area contributed by atoms with E-state index in [0.29, 0.717) is 0 Å². The molecule has 1 aromatic rings. The Balaban J connectivity index is 3.10. The number of thioether (sulfide) groups is 1. The normalized spacial score (nSPS) is 13.6. The molecule has 110 valence electrons. The molecular formula is C12H17N3O4S. The first-order valence-corrected chi connectivity index (χ1v) is 7.18. The van der Waals surface area contributed by atoms with E-state index in [9.17, 15) is 20.0 Å². The zero-order chi connectivity index (χ0) is 15.3. The molecule has 0 bridgehead atoms. The molecular weight excluding hydrogens is 282 g/mol. The van der Waals surface area contributed by atoms with Gasteiger partial charge in [0.1, 0.15) is 5.69 Å². The Morgan fingerprint density at radius 2 is 2.25 bits per heavy atom. The van der Waals surface area contributed by atoms with Crippen LogP contribution in [0.2, 0.25) is 0 Å². The fourth-order valence-electron chi connectivity index (χ4n) is 1.74. The lowest BCUT2D eigenvalue weighted by molar-refractivity contribution is -0.384. The number of aliphatic hydroxyl groups is 1. The van der Waals surface area contributed by atoms with E-state index in [4.69, 9.17) is 5.73 Å². The van der Waals surface area contributed by atoms with Crippen LogP contribution < -0.4 is 11.1 Å². The predicted molar refractivity (Wildman–Crippen MR) is 79.1 cm³/mol. The van der Waals surface area contributed by atoms with Gasteiger partial charge in [0, 0.05) is 22.9 Å². The summed E-state index contributed by atoms with van der Waals surface area (Å²) in [6, 6.07) is 3.69. The zero-order valence-electron chi connectivity index (χ0n) is 11.2. The summed E-state index contributed by atoms with van der Waals surface area (Å²) < 4.78 is 0. The molecule has 1 aromatic carbocycles. The quantitative estimate of drug-likeness (QED) is 0.514. The second-order valence-electron chi connectivity index (χ2n) is 4.24. The Labute approximate surface area is 120 Å². The van der Waals surface area contributed by atoms with Crippen molar-refractivity contribution >= 4 is 29.0 Å². The van der Waals surface area contributed by atoms with E-state index in [-0.39, 0.29) is 34.8 Å². The summed E-state index contributed by atoms with van der Waals surface area (Å²) in [6.07, 6.45) is 1.84. The summed E-state index contributed by atoms with van der Waals surface area (Å²) in [5.41, 5.74) is 5.44. The van der Waals surface area contributed by atoms with Crippen LogP contribution >= 0.6 is 11.8 Å². The summed E-state index contributed by atoms with van der Waals surface area (Å²) in [6.45, 7) is 1.75. The standard InChI is InChI=1S/C12H17N3O4S/c1-7(11(6-16)20-2)14-9-5-8(12(13)17)3-4-10(9)15(18)19/h3-5,7,11,14,16H,6H2,1-2H3,(H2,13,17). The smallest absolute Gasteiger partial charge is 0.292 e. The second-order valence-corrected chi connectivity index (χ2v) is 5.32. The van der Waals surface area contributed by atoms with E-state index in [2.05, 4.69) is 5.32 Å². The number of primary amides is 1. The molecule has 0 aliphatic rings. The van der Waals surface area contributed by atoms with Gasteiger partial charge < -0.3 is 16.2 Å². The van der Waals surface area contributed by atoms with Gasteiger partial charge in [0.25, 0.3) is 5.69 Å². The molecule has 0 saturated carbocycles. The van der Waals surface area contributed by atoms with Gasteiger partial charge in [-0.05, 0) is 25.3 Å². The number of carbonyl (C=O) groups excluding carboxylic acids is 1. The lowest BCUT2D eigenvalue weighted by Gasteiger charge is -2.22. The van der Waals surface area contributed by atoms with Gasteiger partial charge in [-0.1, -0.05) is 0 Å². The fourth-order valence-corrected chi connectivity index (χ4v) is 2.36. The number of amides is 1. The average Bonchev–Trinajstić information content (AvgIpc) is 2.39. The van der Waals surface area contributed by atoms with Gasteiger partial charge in [-0.25, -0.2) is 0 Å². The van der Waals surface area contributed by atoms with Crippen LogP contribution in [0.15, 0.2) is 18.2 Å². The maximum atomic E-state index is 11.1. The first-order valence-electron chi connectivity index (χ1n) is 5.89. The Morgan fingerprint density at radius 3 is 2.70 bits per heavy atom. The fraction of sp³-hybridized carbons (Fsp3) is 0.417. The lowest BCUT2D eigenvalue weighted by atomic mass is 10.1. The molecule has 7 nitrogen and oxygen atoms in total. The number of nitro benzene ring substituents is 1. The van der Waals surface area contributed by atoms with E-state index in [1.165, 1.54) is 30.0 Å². The Morgan fingerprint density at radius 1 is 1.60 bits per heavy atom. The Bertz CT molecular complexity index is 505. The van der Waals surface area contributed by atoms with Crippen LogP contribution in [0.5, 0.6) is 0 Å². The number of hydrogen-bond donors (Lipinski definition) is 3. The van der Waals surface area contributed by atoms with Gasteiger partial charge in [-0.3, -0.25) is 14.9 Å². The van der Waals surface area contributed by atoms with Crippen LogP contribution in [-0.4, -0.2) is 40.1 Å². The number of rotatable bonds is 7. The lowest BCUT2D eigenvalue weighted by Crippen LogP contribution is -2.31. The summed E-state index contributed by atoms with van der Waals surface area (Å²) in [5, 5.41) is 23.1. The van der Waals surface area contributed by atoms with Crippen molar-refractivity contribution in [1.82, 2.24) is 0 Å². The highest BCUT2D eigenvalue weighted by molar-refractivity contribution is 7.99. The van der Waals surface area contributed by atoms with Gasteiger partial charge in [-0.15, -0.1) is 0 Å². The van der Waals surface area contributed by atoms with Crippen molar-refractivity contribution in [2.24, 2.45) is 5.73 Å². The van der Waals surface area contributed by atoms with Gasteiger partial charge in [0.05, 0.1) is 11.5 Å². The van der Waals surface area contributed by atoms with Crippen LogP contribution in [0.3, 0.4) is 0 Å². The molecule has 20 heavy (non-hydrogen) atoms. The van der Waals surface area contributed by atoms with Crippen molar-refractivity contribution in [3.63, 3.8) is 0 Å². The molecule has 0 heterocycles. The first kappa shape index (κ1) is 16.3. The Kier molecular flexibility index (Phi) is 5.78. The van der Waals surface area contributed by atoms with Crippen molar-refractivity contribution in [1.29, 1.82) is 0 Å². The third-order valence-corrected chi connectivity index (χ3v) is 4.06. The summed E-state index contributed by atoms with van der Waals surface area (Å²) in [5.74, 6) is -0.654. The monoisotopic (exact) mass is 299 g/mol. The number of nitrogens with two attached hydrogens (primary N) is 1. The highest BCUT2D eigenvalue weighted by Gasteiger charge is 2.21. The molecule has 2 unspecified atom stereocenters. The highest BCUT2D eigenvalue weighted by Crippen LogP contribution is 2.27. The number of aliphatic hydroxyl groups excluding tert-OH is 1. The van der Waals surface area contributed by atoms with Gasteiger partial charge >= 0.3 is 0 Å². The summed E-state index contributed by atoms with van der Waals surface area (Å²) in [7, 11) is 0. The Hall–Kier alpha value is -1.80. The summed E-state index contributed by atoms with van der Waals surface area (Å²) >= 11 is 1.45. The molecule has 8 heteroatoms. The molecule has 1 rings (SSSR count). The van der Waals surface area contributed by atoms with E-state index in [1.54, 1.807) is 6.92 Å². The van der Waals surface area contributed by atoms with E-state index >= 15 is 0 Å². The average molecular weight is 299 g/mol. The van der Waals surface area contributed by atoms with Crippen molar-refractivity contribution in [2.75, 3.05) is 18.2 Å². The molecule has 0 aliphatic heterocycles. The molecule has 0 radical (unpaired) electrons. The SMILES string of the molecule is CSC(CO)C(C)Nc1cc(C(N)=O)ccc1[N+](=O)[O-]. The van der Waals surface area contributed by atoms with Crippen molar-refractivity contribution in [3.05, 3.63) is 33.9 Å². The van der Waals surface area contributed by atoms with Crippen molar-refractivity contribution in [2.45, 2.75) is 18.2 Å². The van der Waals surface area contributed by atoms with E-state index in [0.717, 1.165) is 0 Å². The van der Waals surface area contributed by atoms with Crippen molar-refractivity contribution < 1.29 is 14.8 Å². The molecule has 2 atom stereocenters. The number of carbonyl (C=O) groups is 1. The molecule has 1 amide bonds. The minimum absolute atomic E-state index is 0.0569. The maximum Gasteiger partial charge on any atom is 0.292 e. The van der Waals surface area contributed by atoms with Crippen LogP contribution in [0, 0.1) is 10.1 Å². The van der Waals surface area contributed by atoms with Crippen LogP contribution in [0.4, 0.5) is 11.4 Å². The highest BCUT2D eigenvalue weighted by atomic mass is 32.2. The summed E-state index contributed by atoms with van der Waals surface area (Å²) in [4.78, 5) is 21.6. The molecule has 0 aliphatic carbocycles. The largest absolute Gasteiger partial charge is 0.395 e. The van der Waals surface area contributed by atoms with Gasteiger partial charge in [0.2, 0.25) is 5.91 Å². The third kappa shape index (κ3) is 3.84. The zero-order valence-corrected chi connectivity index (χ0v) is 12.0. The first-order chi connectivity index (χ1) is 9.40. The number of nitrogens with one attached hydrogen (secondary N) is 1. The van der Waals surface area contributed by atoms with Crippen LogP contribution in [-0.2, 0) is 0 Å². The predicted octanol–water partition coefficient (Wildman–Crippen LogP) is 1.22. The molecule has 0 aromatic heterocycles. The minimum Gasteiger partial charge on any atom is -0.395 e.